The Morgan fingerprint density at radius 2 is 1.65 bits per heavy atom. The van der Waals surface area contributed by atoms with Crippen molar-refractivity contribution in [2.24, 2.45) is 0 Å². The lowest BCUT2D eigenvalue weighted by atomic mass is 10.2. The first-order valence-electron chi connectivity index (χ1n) is 5.86. The molecule has 0 aliphatic rings. The maximum atomic E-state index is 11.5. The number of carbonyl (C=O) groups is 2. The van der Waals surface area contributed by atoms with Gasteiger partial charge in [-0.05, 0) is 30.7 Å². The lowest BCUT2D eigenvalue weighted by Crippen LogP contribution is -2.12. The van der Waals surface area contributed by atoms with E-state index in [2.05, 4.69) is 10.0 Å². The summed E-state index contributed by atoms with van der Waals surface area (Å²) >= 11 is 0. The molecule has 8 heteroatoms. The summed E-state index contributed by atoms with van der Waals surface area (Å²) in [6.45, 7) is 0. The summed E-state index contributed by atoms with van der Waals surface area (Å²) in [6, 6.07) is 6.16. The first-order chi connectivity index (χ1) is 9.26. The molecule has 3 N–H and O–H groups in total. The molecule has 20 heavy (non-hydrogen) atoms. The van der Waals surface area contributed by atoms with Gasteiger partial charge in [0.05, 0.1) is 6.26 Å². The van der Waals surface area contributed by atoms with E-state index < -0.39 is 16.0 Å². The van der Waals surface area contributed by atoms with Gasteiger partial charge >= 0.3 is 5.97 Å². The highest BCUT2D eigenvalue weighted by Crippen LogP contribution is 2.14. The van der Waals surface area contributed by atoms with Crippen LogP contribution < -0.4 is 10.0 Å². The Labute approximate surface area is 117 Å². The number of carboxylic acid groups (broad SMARTS) is 1. The molecular weight excluding hydrogens is 284 g/mol. The molecule has 1 amide bonds. The van der Waals surface area contributed by atoms with E-state index in [0.29, 0.717) is 11.4 Å². The van der Waals surface area contributed by atoms with Crippen LogP contribution in [0.2, 0.25) is 0 Å². The van der Waals surface area contributed by atoms with Crippen molar-refractivity contribution >= 4 is 33.3 Å². The van der Waals surface area contributed by atoms with Crippen molar-refractivity contribution in [1.29, 1.82) is 0 Å². The zero-order chi connectivity index (χ0) is 15.2. The number of aliphatic carboxylic acids is 1. The summed E-state index contributed by atoms with van der Waals surface area (Å²) < 4.78 is 24.3. The van der Waals surface area contributed by atoms with Gasteiger partial charge in [0, 0.05) is 24.2 Å². The van der Waals surface area contributed by atoms with Crippen LogP contribution in [0.1, 0.15) is 19.3 Å². The molecule has 0 atom stereocenters. The number of amides is 1. The van der Waals surface area contributed by atoms with Crippen molar-refractivity contribution in [3.8, 4) is 0 Å². The van der Waals surface area contributed by atoms with E-state index in [1.54, 1.807) is 12.1 Å². The van der Waals surface area contributed by atoms with Crippen molar-refractivity contribution in [3.05, 3.63) is 24.3 Å². The number of carboxylic acids is 1. The summed E-state index contributed by atoms with van der Waals surface area (Å²) in [6.07, 6.45) is 1.39. The normalized spacial score (nSPS) is 10.8. The van der Waals surface area contributed by atoms with Gasteiger partial charge in [-0.25, -0.2) is 8.42 Å². The topological polar surface area (TPSA) is 113 Å². The molecule has 0 saturated carbocycles. The maximum Gasteiger partial charge on any atom is 0.303 e. The summed E-state index contributed by atoms with van der Waals surface area (Å²) in [4.78, 5) is 21.8. The Bertz CT molecular complexity index is 580. The fourth-order valence-corrected chi connectivity index (χ4v) is 2.02. The van der Waals surface area contributed by atoms with Gasteiger partial charge in [0.2, 0.25) is 15.9 Å². The van der Waals surface area contributed by atoms with Gasteiger partial charge in [-0.1, -0.05) is 0 Å². The summed E-state index contributed by atoms with van der Waals surface area (Å²) in [5, 5.41) is 11.0. The molecule has 0 aliphatic heterocycles. The van der Waals surface area contributed by atoms with Gasteiger partial charge in [-0.15, -0.1) is 0 Å². The van der Waals surface area contributed by atoms with Crippen LogP contribution in [0.25, 0.3) is 0 Å². The second-order valence-corrected chi connectivity index (χ2v) is 6.00. The third-order valence-electron chi connectivity index (χ3n) is 2.27. The van der Waals surface area contributed by atoms with Gasteiger partial charge in [-0.2, -0.15) is 0 Å². The minimum Gasteiger partial charge on any atom is -0.481 e. The molecular formula is C12H16N2O5S. The molecule has 7 nitrogen and oxygen atoms in total. The first kappa shape index (κ1) is 16.0. The molecule has 1 aromatic carbocycles. The molecule has 0 bridgehead atoms. The molecule has 0 fully saturated rings. The Balaban J connectivity index is 2.49. The molecule has 0 aromatic heterocycles. The average Bonchev–Trinajstić information content (AvgIpc) is 2.29. The molecule has 0 spiro atoms. The number of rotatable bonds is 7. The summed E-state index contributed by atoms with van der Waals surface area (Å²) in [5.41, 5.74) is 0.917. The van der Waals surface area contributed by atoms with E-state index in [1.165, 1.54) is 12.1 Å². The second kappa shape index (κ2) is 6.90. The van der Waals surface area contributed by atoms with E-state index in [4.69, 9.17) is 5.11 Å². The lowest BCUT2D eigenvalue weighted by Gasteiger charge is -2.07. The van der Waals surface area contributed by atoms with Crippen molar-refractivity contribution in [3.63, 3.8) is 0 Å². The fourth-order valence-electron chi connectivity index (χ4n) is 1.46. The molecule has 0 heterocycles. The minimum absolute atomic E-state index is 0.0510. The monoisotopic (exact) mass is 300 g/mol. The number of benzene rings is 1. The van der Waals surface area contributed by atoms with Crippen molar-refractivity contribution in [1.82, 2.24) is 0 Å². The van der Waals surface area contributed by atoms with E-state index in [0.717, 1.165) is 6.26 Å². The highest BCUT2D eigenvalue weighted by Gasteiger charge is 2.05. The van der Waals surface area contributed by atoms with Gasteiger partial charge < -0.3 is 10.4 Å². The second-order valence-electron chi connectivity index (χ2n) is 4.25. The third kappa shape index (κ3) is 6.74. The predicted molar refractivity (Wildman–Crippen MR) is 75.0 cm³/mol. The van der Waals surface area contributed by atoms with Crippen LogP contribution >= 0.6 is 0 Å². The molecule has 1 aromatic rings. The lowest BCUT2D eigenvalue weighted by molar-refractivity contribution is -0.137. The standard InChI is InChI=1S/C12H16N2O5S/c1-20(18,19)14-10-7-5-9(6-8-10)13-11(15)3-2-4-12(16)17/h5-8,14H,2-4H2,1H3,(H,13,15)(H,16,17). The number of sulfonamides is 1. The molecule has 0 saturated heterocycles. The third-order valence-corrected chi connectivity index (χ3v) is 2.87. The molecule has 0 unspecified atom stereocenters. The van der Waals surface area contributed by atoms with Crippen LogP contribution in [0.3, 0.4) is 0 Å². The Morgan fingerprint density at radius 3 is 2.15 bits per heavy atom. The quantitative estimate of drug-likeness (QED) is 0.701. The molecule has 0 aliphatic carbocycles. The van der Waals surface area contributed by atoms with E-state index in [9.17, 15) is 18.0 Å². The predicted octanol–water partition coefficient (Wildman–Crippen LogP) is 1.25. The zero-order valence-electron chi connectivity index (χ0n) is 10.9. The fraction of sp³-hybridized carbons (Fsp3) is 0.333. The van der Waals surface area contributed by atoms with Crippen LogP contribution in [0.4, 0.5) is 11.4 Å². The van der Waals surface area contributed by atoms with Crippen LogP contribution in [-0.4, -0.2) is 31.7 Å². The average molecular weight is 300 g/mol. The Morgan fingerprint density at radius 1 is 1.10 bits per heavy atom. The van der Waals surface area contributed by atoms with E-state index in [1.807, 2.05) is 0 Å². The highest BCUT2D eigenvalue weighted by molar-refractivity contribution is 7.92. The summed E-state index contributed by atoms with van der Waals surface area (Å²) in [7, 11) is -3.33. The zero-order valence-corrected chi connectivity index (χ0v) is 11.7. The van der Waals surface area contributed by atoms with E-state index >= 15 is 0 Å². The van der Waals surface area contributed by atoms with Crippen LogP contribution in [0.5, 0.6) is 0 Å². The van der Waals surface area contributed by atoms with Gasteiger partial charge in [0.1, 0.15) is 0 Å². The first-order valence-corrected chi connectivity index (χ1v) is 7.75. The van der Waals surface area contributed by atoms with Crippen LogP contribution in [0, 0.1) is 0 Å². The summed E-state index contributed by atoms with van der Waals surface area (Å²) in [5.74, 6) is -1.22. The maximum absolute atomic E-state index is 11.5. The number of carbonyl (C=O) groups excluding carboxylic acids is 1. The highest BCUT2D eigenvalue weighted by atomic mass is 32.2. The van der Waals surface area contributed by atoms with Gasteiger partial charge in [-0.3, -0.25) is 14.3 Å². The van der Waals surface area contributed by atoms with E-state index in [-0.39, 0.29) is 25.2 Å². The smallest absolute Gasteiger partial charge is 0.303 e. The van der Waals surface area contributed by atoms with Crippen LogP contribution in [-0.2, 0) is 19.6 Å². The number of anilines is 2. The minimum atomic E-state index is -3.33. The van der Waals surface area contributed by atoms with Gasteiger partial charge in [0.25, 0.3) is 0 Å². The molecule has 110 valence electrons. The van der Waals surface area contributed by atoms with Crippen molar-refractivity contribution in [2.75, 3.05) is 16.3 Å². The van der Waals surface area contributed by atoms with Crippen LogP contribution in [0.15, 0.2) is 24.3 Å². The number of hydrogen-bond acceptors (Lipinski definition) is 4. The molecule has 0 radical (unpaired) electrons. The molecule has 1 rings (SSSR count). The Hall–Kier alpha value is -2.09. The van der Waals surface area contributed by atoms with Gasteiger partial charge in [0.15, 0.2) is 0 Å². The SMILES string of the molecule is CS(=O)(=O)Nc1ccc(NC(=O)CCCC(=O)O)cc1. The largest absolute Gasteiger partial charge is 0.481 e. The Kier molecular flexibility index (Phi) is 5.51. The number of nitrogens with one attached hydrogen (secondary N) is 2. The number of hydrogen-bond donors (Lipinski definition) is 3. The van der Waals surface area contributed by atoms with Crippen molar-refractivity contribution in [2.45, 2.75) is 19.3 Å². The van der Waals surface area contributed by atoms with Crippen molar-refractivity contribution < 1.29 is 23.1 Å².